The van der Waals surface area contributed by atoms with E-state index in [-0.39, 0.29) is 12.6 Å². The molecular weight excluding hydrogens is 304 g/mol. The molecule has 134 valence electrons. The lowest BCUT2D eigenvalue weighted by atomic mass is 10.2. The second-order valence-electron chi connectivity index (χ2n) is 6.20. The van der Waals surface area contributed by atoms with Gasteiger partial charge in [0.1, 0.15) is 0 Å². The maximum absolute atomic E-state index is 12.1. The predicted molar refractivity (Wildman–Crippen MR) is 97.4 cm³/mol. The minimum Gasteiger partial charge on any atom is -0.395 e. The van der Waals surface area contributed by atoms with Crippen LogP contribution in [0.15, 0.2) is 30.3 Å². The molecule has 2 N–H and O–H groups in total. The molecule has 1 fully saturated rings. The Hall–Kier alpha value is -1.79. The topological polar surface area (TPSA) is 59.1 Å². The van der Waals surface area contributed by atoms with E-state index in [0.717, 1.165) is 26.2 Å². The molecule has 0 radical (unpaired) electrons. The zero-order valence-electron chi connectivity index (χ0n) is 14.8. The van der Waals surface area contributed by atoms with Crippen molar-refractivity contribution in [3.63, 3.8) is 0 Å². The summed E-state index contributed by atoms with van der Waals surface area (Å²) in [4.78, 5) is 18.5. The summed E-state index contributed by atoms with van der Waals surface area (Å²) in [5, 5.41) is 12.0. The standard InChI is InChI=1S/C18H30N4O2/c1-3-20(13-14-23)18(24)19-15-16(2)21-9-11-22(12-10-21)17-7-5-4-6-8-17/h4-8,16,23H,3,9-15H2,1-2H3,(H,19,24). The van der Waals surface area contributed by atoms with Crippen LogP contribution in [-0.4, -0.2) is 79.4 Å². The van der Waals surface area contributed by atoms with Crippen molar-refractivity contribution in [1.82, 2.24) is 15.1 Å². The monoisotopic (exact) mass is 334 g/mol. The molecule has 1 aliphatic rings. The number of aliphatic hydroxyl groups is 1. The van der Waals surface area contributed by atoms with E-state index in [0.29, 0.717) is 25.7 Å². The number of rotatable bonds is 7. The molecule has 2 rings (SSSR count). The largest absolute Gasteiger partial charge is 0.395 e. The average molecular weight is 334 g/mol. The molecule has 24 heavy (non-hydrogen) atoms. The van der Waals surface area contributed by atoms with Gasteiger partial charge >= 0.3 is 6.03 Å². The van der Waals surface area contributed by atoms with E-state index in [2.05, 4.69) is 46.3 Å². The molecule has 0 aliphatic carbocycles. The Morgan fingerprint density at radius 2 is 1.92 bits per heavy atom. The second-order valence-corrected chi connectivity index (χ2v) is 6.20. The summed E-state index contributed by atoms with van der Waals surface area (Å²) in [6.45, 7) is 9.71. The van der Waals surface area contributed by atoms with Crippen LogP contribution in [0, 0.1) is 0 Å². The van der Waals surface area contributed by atoms with E-state index in [1.807, 2.05) is 13.0 Å². The summed E-state index contributed by atoms with van der Waals surface area (Å²) in [5.74, 6) is 0. The van der Waals surface area contributed by atoms with Crippen molar-refractivity contribution in [2.24, 2.45) is 0 Å². The first-order valence-corrected chi connectivity index (χ1v) is 8.83. The fraction of sp³-hybridized carbons (Fsp3) is 0.611. The van der Waals surface area contributed by atoms with E-state index in [1.54, 1.807) is 4.90 Å². The molecule has 1 aromatic rings. The van der Waals surface area contributed by atoms with Gasteiger partial charge in [-0.2, -0.15) is 0 Å². The summed E-state index contributed by atoms with van der Waals surface area (Å²) in [6.07, 6.45) is 0. The summed E-state index contributed by atoms with van der Waals surface area (Å²) in [5.41, 5.74) is 1.28. The van der Waals surface area contributed by atoms with Crippen LogP contribution in [0.5, 0.6) is 0 Å². The Morgan fingerprint density at radius 1 is 1.25 bits per heavy atom. The van der Waals surface area contributed by atoms with Gasteiger partial charge in [-0.15, -0.1) is 0 Å². The number of nitrogens with one attached hydrogen (secondary N) is 1. The molecule has 6 nitrogen and oxygen atoms in total. The van der Waals surface area contributed by atoms with Crippen LogP contribution in [0.1, 0.15) is 13.8 Å². The van der Waals surface area contributed by atoms with E-state index in [1.165, 1.54) is 5.69 Å². The molecule has 1 saturated heterocycles. The van der Waals surface area contributed by atoms with Crippen LogP contribution in [0.25, 0.3) is 0 Å². The number of carbonyl (C=O) groups is 1. The van der Waals surface area contributed by atoms with Crippen molar-refractivity contribution in [3.05, 3.63) is 30.3 Å². The van der Waals surface area contributed by atoms with Gasteiger partial charge in [-0.05, 0) is 26.0 Å². The van der Waals surface area contributed by atoms with Gasteiger partial charge in [-0.25, -0.2) is 4.79 Å². The van der Waals surface area contributed by atoms with Crippen molar-refractivity contribution in [1.29, 1.82) is 0 Å². The van der Waals surface area contributed by atoms with E-state index >= 15 is 0 Å². The number of nitrogens with zero attached hydrogens (tertiary/aromatic N) is 3. The fourth-order valence-electron chi connectivity index (χ4n) is 3.06. The van der Waals surface area contributed by atoms with Crippen molar-refractivity contribution in [2.75, 3.05) is 57.3 Å². The lowest BCUT2D eigenvalue weighted by molar-refractivity contribution is 0.167. The predicted octanol–water partition coefficient (Wildman–Crippen LogP) is 1.22. The highest BCUT2D eigenvalue weighted by atomic mass is 16.3. The first-order valence-electron chi connectivity index (χ1n) is 8.83. The summed E-state index contributed by atoms with van der Waals surface area (Å²) in [6, 6.07) is 10.7. The molecule has 0 saturated carbocycles. The number of aliphatic hydroxyl groups excluding tert-OH is 1. The minimum atomic E-state index is -0.0960. The quantitative estimate of drug-likeness (QED) is 0.787. The summed E-state index contributed by atoms with van der Waals surface area (Å²) >= 11 is 0. The number of anilines is 1. The van der Waals surface area contributed by atoms with Crippen LogP contribution in [0.3, 0.4) is 0 Å². The number of urea groups is 1. The Bertz CT molecular complexity index is 489. The van der Waals surface area contributed by atoms with E-state index in [9.17, 15) is 4.79 Å². The van der Waals surface area contributed by atoms with Crippen LogP contribution in [0.2, 0.25) is 0 Å². The van der Waals surface area contributed by atoms with Crippen LogP contribution < -0.4 is 10.2 Å². The fourth-order valence-corrected chi connectivity index (χ4v) is 3.06. The Balaban J connectivity index is 1.74. The maximum Gasteiger partial charge on any atom is 0.317 e. The molecule has 2 amide bonds. The Labute approximate surface area is 145 Å². The SMILES string of the molecule is CCN(CCO)C(=O)NCC(C)N1CCN(c2ccccc2)CC1. The second kappa shape index (κ2) is 9.49. The van der Waals surface area contributed by atoms with Gasteiger partial charge in [0.05, 0.1) is 6.61 Å². The van der Waals surface area contributed by atoms with Crippen LogP contribution in [0.4, 0.5) is 10.5 Å². The maximum atomic E-state index is 12.1. The lowest BCUT2D eigenvalue weighted by Gasteiger charge is -2.39. The molecular formula is C18H30N4O2. The third kappa shape index (κ3) is 5.11. The van der Waals surface area contributed by atoms with Crippen LogP contribution in [-0.2, 0) is 0 Å². The lowest BCUT2D eigenvalue weighted by Crippen LogP contribution is -2.53. The highest BCUT2D eigenvalue weighted by Crippen LogP contribution is 2.16. The van der Waals surface area contributed by atoms with Gasteiger partial charge in [0.15, 0.2) is 0 Å². The smallest absolute Gasteiger partial charge is 0.317 e. The number of carbonyl (C=O) groups excluding carboxylic acids is 1. The summed E-state index contributed by atoms with van der Waals surface area (Å²) in [7, 11) is 0. The Kier molecular flexibility index (Phi) is 7.34. The van der Waals surface area contributed by atoms with Crippen LogP contribution >= 0.6 is 0 Å². The zero-order valence-corrected chi connectivity index (χ0v) is 14.8. The molecule has 0 spiro atoms. The van der Waals surface area contributed by atoms with E-state index < -0.39 is 0 Å². The average Bonchev–Trinajstić information content (AvgIpc) is 2.64. The molecule has 1 unspecified atom stereocenters. The van der Waals surface area contributed by atoms with Gasteiger partial charge in [-0.3, -0.25) is 4.90 Å². The van der Waals surface area contributed by atoms with Gasteiger partial charge in [0.2, 0.25) is 0 Å². The highest BCUT2D eigenvalue weighted by molar-refractivity contribution is 5.74. The third-order valence-corrected chi connectivity index (χ3v) is 4.65. The van der Waals surface area contributed by atoms with Crippen molar-refractivity contribution < 1.29 is 9.90 Å². The van der Waals surface area contributed by atoms with Crippen molar-refractivity contribution >= 4 is 11.7 Å². The molecule has 1 aromatic carbocycles. The minimum absolute atomic E-state index is 0.00173. The van der Waals surface area contributed by atoms with Crippen molar-refractivity contribution in [3.8, 4) is 0 Å². The molecule has 6 heteroatoms. The normalized spacial score (nSPS) is 16.7. The van der Waals surface area contributed by atoms with Gasteiger partial charge in [-0.1, -0.05) is 18.2 Å². The third-order valence-electron chi connectivity index (χ3n) is 4.65. The number of hydrogen-bond acceptors (Lipinski definition) is 4. The molecule has 1 atom stereocenters. The highest BCUT2D eigenvalue weighted by Gasteiger charge is 2.22. The molecule has 1 aliphatic heterocycles. The van der Waals surface area contributed by atoms with Gasteiger partial charge in [0, 0.05) is 57.5 Å². The number of piperazine rings is 1. The first-order chi connectivity index (χ1) is 11.7. The zero-order chi connectivity index (χ0) is 17.4. The molecule has 1 heterocycles. The molecule has 0 bridgehead atoms. The first kappa shape index (κ1) is 18.5. The number of likely N-dealkylation sites (N-methyl/N-ethyl adjacent to an activating group) is 1. The summed E-state index contributed by atoms with van der Waals surface area (Å²) < 4.78 is 0. The number of benzene rings is 1. The van der Waals surface area contributed by atoms with Crippen molar-refractivity contribution in [2.45, 2.75) is 19.9 Å². The number of para-hydroxylation sites is 1. The van der Waals surface area contributed by atoms with E-state index in [4.69, 9.17) is 5.11 Å². The Morgan fingerprint density at radius 3 is 2.50 bits per heavy atom. The van der Waals surface area contributed by atoms with Gasteiger partial charge < -0.3 is 20.2 Å². The van der Waals surface area contributed by atoms with Gasteiger partial charge in [0.25, 0.3) is 0 Å². The number of hydrogen-bond donors (Lipinski definition) is 2. The number of amides is 2. The molecule has 0 aromatic heterocycles.